The number of benzene rings is 1. The molecule has 0 bridgehead atoms. The molecule has 0 aliphatic carbocycles. The number of hydrogen-bond acceptors (Lipinski definition) is 3. The van der Waals surface area contributed by atoms with Crippen LogP contribution in [-0.4, -0.2) is 33.0 Å². The molecule has 21 heavy (non-hydrogen) atoms. The Bertz CT molecular complexity index is 655. The largest absolute Gasteiger partial charge is 0.480 e. The molecule has 6 nitrogen and oxygen atoms in total. The summed E-state index contributed by atoms with van der Waals surface area (Å²) in [4.78, 5) is 30.0. The monoisotopic (exact) mass is 351 g/mol. The number of carbonyl (C=O) groups excluding carboxylic acids is 1. The number of nitrogens with one attached hydrogen (secondary N) is 2. The van der Waals surface area contributed by atoms with Gasteiger partial charge in [0.2, 0.25) is 0 Å². The van der Waals surface area contributed by atoms with Crippen molar-refractivity contribution in [2.75, 3.05) is 0 Å². The van der Waals surface area contributed by atoms with Crippen LogP contribution in [0.4, 0.5) is 0 Å². The minimum absolute atomic E-state index is 0.149. The van der Waals surface area contributed by atoms with Gasteiger partial charge in [-0.2, -0.15) is 0 Å². The van der Waals surface area contributed by atoms with E-state index in [1.807, 2.05) is 6.92 Å². The predicted molar refractivity (Wildman–Crippen MR) is 80.1 cm³/mol. The number of aryl methyl sites for hydroxylation is 1. The fourth-order valence-corrected chi connectivity index (χ4v) is 2.09. The molecule has 1 atom stereocenters. The van der Waals surface area contributed by atoms with Crippen LogP contribution in [0.15, 0.2) is 35.2 Å². The normalized spacial score (nSPS) is 11.9. The fourth-order valence-electron chi connectivity index (χ4n) is 1.84. The molecule has 0 saturated carbocycles. The summed E-state index contributed by atoms with van der Waals surface area (Å²) in [5, 5.41) is 11.7. The average Bonchev–Trinajstić information content (AvgIpc) is 2.93. The molecule has 1 heterocycles. The molecular formula is C14H14BrN3O3. The Morgan fingerprint density at radius 3 is 2.81 bits per heavy atom. The van der Waals surface area contributed by atoms with Gasteiger partial charge in [0, 0.05) is 28.3 Å². The van der Waals surface area contributed by atoms with E-state index in [4.69, 9.17) is 0 Å². The van der Waals surface area contributed by atoms with Crippen molar-refractivity contribution < 1.29 is 14.7 Å². The van der Waals surface area contributed by atoms with E-state index in [2.05, 4.69) is 31.2 Å². The lowest BCUT2D eigenvalue weighted by Gasteiger charge is -2.14. The Hall–Kier alpha value is -2.15. The molecule has 0 spiro atoms. The fraction of sp³-hybridized carbons (Fsp3) is 0.214. The Balaban J connectivity index is 2.10. The van der Waals surface area contributed by atoms with Crippen molar-refractivity contribution in [2.24, 2.45) is 0 Å². The number of aliphatic carboxylic acids is 1. The lowest BCUT2D eigenvalue weighted by atomic mass is 10.1. The second-order valence-electron chi connectivity index (χ2n) is 4.61. The third-order valence-corrected chi connectivity index (χ3v) is 3.89. The van der Waals surface area contributed by atoms with Gasteiger partial charge in [0.25, 0.3) is 5.91 Å². The smallest absolute Gasteiger partial charge is 0.326 e. The van der Waals surface area contributed by atoms with E-state index in [0.29, 0.717) is 11.3 Å². The summed E-state index contributed by atoms with van der Waals surface area (Å²) < 4.78 is 0.895. The Morgan fingerprint density at radius 1 is 1.48 bits per heavy atom. The van der Waals surface area contributed by atoms with Gasteiger partial charge in [0.05, 0.1) is 6.33 Å². The second kappa shape index (κ2) is 6.53. The lowest BCUT2D eigenvalue weighted by Crippen LogP contribution is -2.42. The number of nitrogens with zero attached hydrogens (tertiary/aromatic N) is 1. The first-order chi connectivity index (χ1) is 9.97. The van der Waals surface area contributed by atoms with Crippen molar-refractivity contribution in [3.8, 4) is 0 Å². The molecule has 110 valence electrons. The first kappa shape index (κ1) is 15.2. The molecule has 0 radical (unpaired) electrons. The molecule has 0 aliphatic heterocycles. The molecule has 0 fully saturated rings. The maximum absolute atomic E-state index is 12.1. The van der Waals surface area contributed by atoms with E-state index < -0.39 is 17.9 Å². The molecule has 3 N–H and O–H groups in total. The van der Waals surface area contributed by atoms with Crippen LogP contribution < -0.4 is 5.32 Å². The number of rotatable bonds is 5. The van der Waals surface area contributed by atoms with Crippen LogP contribution in [0, 0.1) is 6.92 Å². The van der Waals surface area contributed by atoms with Gasteiger partial charge in [0.1, 0.15) is 6.04 Å². The molecule has 0 aliphatic rings. The number of hydrogen-bond donors (Lipinski definition) is 3. The van der Waals surface area contributed by atoms with E-state index in [1.165, 1.54) is 12.5 Å². The van der Waals surface area contributed by atoms with Gasteiger partial charge >= 0.3 is 5.97 Å². The van der Waals surface area contributed by atoms with Crippen LogP contribution in [-0.2, 0) is 11.2 Å². The summed E-state index contributed by atoms with van der Waals surface area (Å²) in [7, 11) is 0. The zero-order valence-corrected chi connectivity index (χ0v) is 12.8. The van der Waals surface area contributed by atoms with Crippen molar-refractivity contribution in [1.82, 2.24) is 15.3 Å². The molecule has 0 saturated heterocycles. The van der Waals surface area contributed by atoms with Crippen molar-refractivity contribution in [3.05, 3.63) is 52.0 Å². The van der Waals surface area contributed by atoms with Gasteiger partial charge in [-0.05, 0) is 30.7 Å². The summed E-state index contributed by atoms with van der Waals surface area (Å²) >= 11 is 3.36. The predicted octanol–water partition coefficient (Wildman–Crippen LogP) is 1.91. The highest BCUT2D eigenvalue weighted by atomic mass is 79.9. The number of carbonyl (C=O) groups is 2. The first-order valence-corrected chi connectivity index (χ1v) is 7.03. The number of halogens is 1. The standard InChI is InChI=1S/C14H14BrN3O3/c1-8-4-9(2-3-11(8)15)13(19)18-12(14(20)21)5-10-6-16-7-17-10/h2-4,6-7,12H,5H2,1H3,(H,16,17)(H,18,19)(H,20,21). The highest BCUT2D eigenvalue weighted by Crippen LogP contribution is 2.17. The first-order valence-electron chi connectivity index (χ1n) is 6.24. The van der Waals surface area contributed by atoms with E-state index in [0.717, 1.165) is 10.0 Å². The van der Waals surface area contributed by atoms with Gasteiger partial charge in [-0.1, -0.05) is 15.9 Å². The van der Waals surface area contributed by atoms with Gasteiger partial charge in [-0.15, -0.1) is 0 Å². The summed E-state index contributed by atoms with van der Waals surface area (Å²) in [5.74, 6) is -1.51. The van der Waals surface area contributed by atoms with Gasteiger partial charge in [-0.25, -0.2) is 9.78 Å². The summed E-state index contributed by atoms with van der Waals surface area (Å²) in [6.07, 6.45) is 3.15. The summed E-state index contributed by atoms with van der Waals surface area (Å²) in [5.41, 5.74) is 1.98. The topological polar surface area (TPSA) is 95.1 Å². The minimum atomic E-state index is -1.09. The van der Waals surface area contributed by atoms with Crippen LogP contribution in [0.2, 0.25) is 0 Å². The number of H-pyrrole nitrogens is 1. The Kier molecular flexibility index (Phi) is 4.74. The molecular weight excluding hydrogens is 338 g/mol. The lowest BCUT2D eigenvalue weighted by molar-refractivity contribution is -0.139. The summed E-state index contributed by atoms with van der Waals surface area (Å²) in [6.45, 7) is 1.86. The van der Waals surface area contributed by atoms with Crippen molar-refractivity contribution in [3.63, 3.8) is 0 Å². The van der Waals surface area contributed by atoms with Crippen molar-refractivity contribution >= 4 is 27.8 Å². The maximum Gasteiger partial charge on any atom is 0.326 e. The number of aromatic nitrogens is 2. The number of carboxylic acids is 1. The zero-order valence-electron chi connectivity index (χ0n) is 11.3. The minimum Gasteiger partial charge on any atom is -0.480 e. The van der Waals surface area contributed by atoms with Crippen molar-refractivity contribution in [1.29, 1.82) is 0 Å². The number of imidazole rings is 1. The maximum atomic E-state index is 12.1. The molecule has 2 rings (SSSR count). The van der Waals surface area contributed by atoms with E-state index in [9.17, 15) is 14.7 Å². The third kappa shape index (κ3) is 3.91. The summed E-state index contributed by atoms with van der Waals surface area (Å²) in [6, 6.07) is 4.09. The molecule has 1 unspecified atom stereocenters. The van der Waals surface area contributed by atoms with Crippen LogP contribution in [0.1, 0.15) is 21.6 Å². The van der Waals surface area contributed by atoms with Crippen LogP contribution in [0.3, 0.4) is 0 Å². The molecule has 1 amide bonds. The van der Waals surface area contributed by atoms with Gasteiger partial charge in [0.15, 0.2) is 0 Å². The number of aromatic amines is 1. The van der Waals surface area contributed by atoms with Gasteiger partial charge in [-0.3, -0.25) is 4.79 Å². The van der Waals surface area contributed by atoms with Crippen LogP contribution in [0.5, 0.6) is 0 Å². The van der Waals surface area contributed by atoms with Gasteiger partial charge < -0.3 is 15.4 Å². The van der Waals surface area contributed by atoms with E-state index in [1.54, 1.807) is 18.2 Å². The average molecular weight is 352 g/mol. The molecule has 1 aromatic carbocycles. The Morgan fingerprint density at radius 2 is 2.24 bits per heavy atom. The van der Waals surface area contributed by atoms with E-state index >= 15 is 0 Å². The number of carboxylic acid groups (broad SMARTS) is 1. The zero-order chi connectivity index (χ0) is 15.4. The second-order valence-corrected chi connectivity index (χ2v) is 5.46. The van der Waals surface area contributed by atoms with Crippen LogP contribution >= 0.6 is 15.9 Å². The van der Waals surface area contributed by atoms with Crippen molar-refractivity contribution in [2.45, 2.75) is 19.4 Å². The SMILES string of the molecule is Cc1cc(C(=O)NC(Cc2cnc[nH]2)C(=O)O)ccc1Br. The quantitative estimate of drug-likeness (QED) is 0.766. The third-order valence-electron chi connectivity index (χ3n) is 3.00. The highest BCUT2D eigenvalue weighted by Gasteiger charge is 2.21. The molecule has 1 aromatic heterocycles. The Labute approximate surface area is 129 Å². The van der Waals surface area contributed by atoms with Crippen LogP contribution in [0.25, 0.3) is 0 Å². The highest BCUT2D eigenvalue weighted by molar-refractivity contribution is 9.10. The molecule has 7 heteroatoms. The number of amides is 1. The molecule has 2 aromatic rings. The van der Waals surface area contributed by atoms with E-state index in [-0.39, 0.29) is 6.42 Å².